The van der Waals surface area contributed by atoms with Gasteiger partial charge in [-0.2, -0.15) is 18.4 Å². The van der Waals surface area contributed by atoms with Crippen LogP contribution < -0.4 is 10.5 Å². The molecule has 2 aromatic rings. The summed E-state index contributed by atoms with van der Waals surface area (Å²) in [6.07, 6.45) is -3.21. The van der Waals surface area contributed by atoms with Crippen LogP contribution in [0.4, 0.5) is 18.9 Å². The number of nitrogens with zero attached hydrogens (tertiary/aromatic N) is 2. The van der Waals surface area contributed by atoms with Gasteiger partial charge < -0.3 is 10.5 Å². The third-order valence-electron chi connectivity index (χ3n) is 2.52. The lowest BCUT2D eigenvalue weighted by Gasteiger charge is -2.12. The van der Waals surface area contributed by atoms with Gasteiger partial charge in [-0.25, -0.2) is 4.98 Å². The van der Waals surface area contributed by atoms with Crippen molar-refractivity contribution in [1.82, 2.24) is 4.98 Å². The van der Waals surface area contributed by atoms with Crippen molar-refractivity contribution in [2.45, 2.75) is 6.18 Å². The third kappa shape index (κ3) is 3.17. The summed E-state index contributed by atoms with van der Waals surface area (Å²) < 4.78 is 42.8. The Morgan fingerprint density at radius 1 is 1.29 bits per heavy atom. The second kappa shape index (κ2) is 5.50. The summed E-state index contributed by atoms with van der Waals surface area (Å²) in [4.78, 5) is 3.81. The van der Waals surface area contributed by atoms with Crippen molar-refractivity contribution >= 4 is 17.3 Å². The zero-order valence-electron chi connectivity index (χ0n) is 10.3. The Hall–Kier alpha value is -2.46. The average molecular weight is 314 g/mol. The molecule has 21 heavy (non-hydrogen) atoms. The maximum Gasteiger partial charge on any atom is 0.416 e. The first-order valence-electron chi connectivity index (χ1n) is 5.52. The minimum atomic E-state index is -4.50. The Labute approximate surface area is 122 Å². The minimum Gasteiger partial charge on any atom is -0.435 e. The molecule has 0 saturated heterocycles. The van der Waals surface area contributed by atoms with Crippen molar-refractivity contribution in [1.29, 1.82) is 5.26 Å². The van der Waals surface area contributed by atoms with E-state index in [-0.39, 0.29) is 27.9 Å². The molecule has 2 N–H and O–H groups in total. The molecule has 0 aliphatic rings. The molecule has 0 aliphatic heterocycles. The van der Waals surface area contributed by atoms with Crippen LogP contribution in [-0.4, -0.2) is 4.98 Å². The number of nitrogens with two attached hydrogens (primary N) is 1. The van der Waals surface area contributed by atoms with Gasteiger partial charge in [-0.05, 0) is 24.3 Å². The predicted molar refractivity (Wildman–Crippen MR) is 69.9 cm³/mol. The first kappa shape index (κ1) is 14.9. The highest BCUT2D eigenvalue weighted by Gasteiger charge is 2.31. The summed E-state index contributed by atoms with van der Waals surface area (Å²) in [5.74, 6) is -0.144. The number of halogens is 4. The van der Waals surface area contributed by atoms with Crippen molar-refractivity contribution < 1.29 is 17.9 Å². The molecule has 4 nitrogen and oxygen atoms in total. The summed E-state index contributed by atoms with van der Waals surface area (Å²) in [7, 11) is 0. The molecule has 0 bridgehead atoms. The van der Waals surface area contributed by atoms with E-state index in [1.807, 2.05) is 6.07 Å². The van der Waals surface area contributed by atoms with Crippen molar-refractivity contribution in [2.24, 2.45) is 0 Å². The van der Waals surface area contributed by atoms with Gasteiger partial charge in [0.05, 0.1) is 16.8 Å². The largest absolute Gasteiger partial charge is 0.435 e. The second-order valence-electron chi connectivity index (χ2n) is 3.94. The predicted octanol–water partition coefficient (Wildman–Crippen LogP) is 4.00. The molecular weight excluding hydrogens is 307 g/mol. The minimum absolute atomic E-state index is 0.0347. The fourth-order valence-corrected chi connectivity index (χ4v) is 1.70. The number of pyridine rings is 1. The molecule has 1 aromatic heterocycles. The zero-order chi connectivity index (χ0) is 15.6. The highest BCUT2D eigenvalue weighted by Crippen LogP contribution is 2.36. The van der Waals surface area contributed by atoms with Crippen LogP contribution in [0.2, 0.25) is 5.02 Å². The van der Waals surface area contributed by atoms with E-state index >= 15 is 0 Å². The number of rotatable bonds is 2. The van der Waals surface area contributed by atoms with Crippen molar-refractivity contribution in [3.05, 3.63) is 46.6 Å². The number of hydrogen-bond donors (Lipinski definition) is 1. The summed E-state index contributed by atoms with van der Waals surface area (Å²) in [6.45, 7) is 0. The third-order valence-corrected chi connectivity index (χ3v) is 2.89. The molecule has 0 saturated carbocycles. The van der Waals surface area contributed by atoms with Gasteiger partial charge in [0.2, 0.25) is 5.88 Å². The monoisotopic (exact) mass is 313 g/mol. The quantitative estimate of drug-likeness (QED) is 0.851. The van der Waals surface area contributed by atoms with E-state index in [9.17, 15) is 13.2 Å². The number of alkyl halides is 3. The highest BCUT2D eigenvalue weighted by atomic mass is 35.5. The lowest BCUT2D eigenvalue weighted by atomic mass is 10.2. The standard InChI is InChI=1S/C13H7ClF3N3O/c14-11-7(6-18)3-4-20-12(11)21-10-2-1-8(5-9(10)19)13(15,16)17/h1-5H,19H2. The summed E-state index contributed by atoms with van der Waals surface area (Å²) >= 11 is 5.88. The average Bonchev–Trinajstić information content (AvgIpc) is 2.42. The number of ether oxygens (including phenoxy) is 1. The van der Waals surface area contributed by atoms with Gasteiger partial charge >= 0.3 is 6.18 Å². The first-order chi connectivity index (χ1) is 9.82. The summed E-state index contributed by atoms with van der Waals surface area (Å²) in [6, 6.07) is 5.85. The molecular formula is C13H7ClF3N3O. The van der Waals surface area contributed by atoms with E-state index < -0.39 is 11.7 Å². The van der Waals surface area contributed by atoms with Gasteiger partial charge in [0.15, 0.2) is 5.75 Å². The van der Waals surface area contributed by atoms with Gasteiger partial charge in [0.25, 0.3) is 0 Å². The van der Waals surface area contributed by atoms with E-state index in [0.717, 1.165) is 18.2 Å². The molecule has 2 rings (SSSR count). The van der Waals surface area contributed by atoms with Crippen LogP contribution in [0.3, 0.4) is 0 Å². The number of benzene rings is 1. The lowest BCUT2D eigenvalue weighted by molar-refractivity contribution is -0.137. The SMILES string of the molecule is N#Cc1ccnc(Oc2ccc(C(F)(F)F)cc2N)c1Cl. The number of hydrogen-bond acceptors (Lipinski definition) is 4. The second-order valence-corrected chi connectivity index (χ2v) is 4.32. The van der Waals surface area contributed by atoms with Crippen molar-refractivity contribution in [3.8, 4) is 17.7 Å². The lowest BCUT2D eigenvalue weighted by Crippen LogP contribution is -2.06. The molecule has 0 atom stereocenters. The van der Waals surface area contributed by atoms with Gasteiger partial charge in [0.1, 0.15) is 11.1 Å². The molecule has 8 heteroatoms. The Morgan fingerprint density at radius 2 is 2.00 bits per heavy atom. The van der Waals surface area contributed by atoms with Gasteiger partial charge in [-0.15, -0.1) is 0 Å². The Bertz CT molecular complexity index is 726. The van der Waals surface area contributed by atoms with E-state index in [4.69, 9.17) is 27.3 Å². The van der Waals surface area contributed by atoms with Crippen LogP contribution in [0.1, 0.15) is 11.1 Å². The summed E-state index contributed by atoms with van der Waals surface area (Å²) in [5, 5.41) is 8.78. The summed E-state index contributed by atoms with van der Waals surface area (Å²) in [5.41, 5.74) is 4.55. The van der Waals surface area contributed by atoms with E-state index in [0.29, 0.717) is 0 Å². The molecule has 0 amide bonds. The van der Waals surface area contributed by atoms with Crippen LogP contribution in [0.15, 0.2) is 30.5 Å². The highest BCUT2D eigenvalue weighted by molar-refractivity contribution is 6.33. The number of nitrogen functional groups attached to an aromatic ring is 1. The normalized spacial score (nSPS) is 11.0. The van der Waals surface area contributed by atoms with E-state index in [2.05, 4.69) is 4.98 Å². The van der Waals surface area contributed by atoms with Gasteiger partial charge in [0, 0.05) is 6.20 Å². The topological polar surface area (TPSA) is 71.9 Å². The fourth-order valence-electron chi connectivity index (χ4n) is 1.50. The maximum absolute atomic E-state index is 12.5. The van der Waals surface area contributed by atoms with Gasteiger partial charge in [-0.1, -0.05) is 11.6 Å². The number of nitriles is 1. The number of anilines is 1. The van der Waals surface area contributed by atoms with Crippen LogP contribution in [0, 0.1) is 11.3 Å². The van der Waals surface area contributed by atoms with Crippen LogP contribution in [0.25, 0.3) is 0 Å². The van der Waals surface area contributed by atoms with Crippen LogP contribution in [0.5, 0.6) is 11.6 Å². The first-order valence-corrected chi connectivity index (χ1v) is 5.90. The van der Waals surface area contributed by atoms with E-state index in [1.54, 1.807) is 0 Å². The van der Waals surface area contributed by atoms with E-state index in [1.165, 1.54) is 12.3 Å². The molecule has 0 unspecified atom stereocenters. The van der Waals surface area contributed by atoms with Crippen molar-refractivity contribution in [2.75, 3.05) is 5.73 Å². The Balaban J connectivity index is 2.36. The van der Waals surface area contributed by atoms with Crippen molar-refractivity contribution in [3.63, 3.8) is 0 Å². The molecule has 1 heterocycles. The maximum atomic E-state index is 12.5. The molecule has 0 radical (unpaired) electrons. The Kier molecular flexibility index (Phi) is 3.91. The molecule has 0 fully saturated rings. The molecule has 0 spiro atoms. The molecule has 0 aliphatic carbocycles. The van der Waals surface area contributed by atoms with Crippen LogP contribution >= 0.6 is 11.6 Å². The molecule has 1 aromatic carbocycles. The Morgan fingerprint density at radius 3 is 2.57 bits per heavy atom. The van der Waals surface area contributed by atoms with Crippen LogP contribution in [-0.2, 0) is 6.18 Å². The molecule has 108 valence electrons. The smallest absolute Gasteiger partial charge is 0.416 e. The fraction of sp³-hybridized carbons (Fsp3) is 0.0769. The number of aromatic nitrogens is 1. The van der Waals surface area contributed by atoms with Gasteiger partial charge in [-0.3, -0.25) is 0 Å². The zero-order valence-corrected chi connectivity index (χ0v) is 11.0.